The fraction of sp³-hybridized carbons (Fsp3) is 0.444. The van der Waals surface area contributed by atoms with E-state index >= 15 is 0 Å². The zero-order valence-corrected chi connectivity index (χ0v) is 16.7. The Kier molecular flexibility index (Phi) is 6.20. The maximum Gasteiger partial charge on any atom is 0.240 e. The summed E-state index contributed by atoms with van der Waals surface area (Å²) < 4.78 is 29.1. The van der Waals surface area contributed by atoms with Gasteiger partial charge in [0, 0.05) is 31.4 Å². The third-order valence-electron chi connectivity index (χ3n) is 4.37. The molecular weight excluding hydrogens is 352 g/mol. The van der Waals surface area contributed by atoms with Crippen LogP contribution in [0.1, 0.15) is 28.1 Å². The molecule has 1 amide bonds. The number of sulfonamides is 1. The topological polar surface area (TPSA) is 93.1 Å². The van der Waals surface area contributed by atoms with Crippen molar-refractivity contribution in [3.05, 3.63) is 46.3 Å². The van der Waals surface area contributed by atoms with Crippen LogP contribution in [-0.4, -0.2) is 37.2 Å². The molecule has 2 N–H and O–H groups in total. The first-order valence-corrected chi connectivity index (χ1v) is 9.93. The van der Waals surface area contributed by atoms with Crippen LogP contribution in [0.4, 0.5) is 0 Å². The molecule has 0 saturated carbocycles. The highest BCUT2D eigenvalue weighted by atomic mass is 32.2. The van der Waals surface area contributed by atoms with Crippen LogP contribution >= 0.6 is 0 Å². The van der Waals surface area contributed by atoms with E-state index in [0.29, 0.717) is 5.56 Å². The molecule has 0 spiro atoms. The van der Waals surface area contributed by atoms with Crippen LogP contribution in [0, 0.1) is 27.7 Å². The molecule has 26 heavy (non-hydrogen) atoms. The molecule has 8 heteroatoms. The highest BCUT2D eigenvalue weighted by Crippen LogP contribution is 2.16. The quantitative estimate of drug-likeness (QED) is 0.710. The normalized spacial score (nSPS) is 11.6. The predicted octanol–water partition coefficient (Wildman–Crippen LogP) is 1.29. The number of aryl methyl sites for hydroxylation is 4. The summed E-state index contributed by atoms with van der Waals surface area (Å²) in [5.41, 5.74) is 4.26. The smallest absolute Gasteiger partial charge is 0.240 e. The fourth-order valence-corrected chi connectivity index (χ4v) is 4.12. The Balaban J connectivity index is 1.88. The number of hydrogen-bond donors (Lipinski definition) is 2. The first-order valence-electron chi connectivity index (χ1n) is 8.44. The minimum atomic E-state index is -3.60. The van der Waals surface area contributed by atoms with Crippen LogP contribution in [-0.2, 0) is 28.3 Å². The third-order valence-corrected chi connectivity index (χ3v) is 5.97. The average molecular weight is 378 g/mol. The Hall–Kier alpha value is -2.19. The van der Waals surface area contributed by atoms with E-state index in [-0.39, 0.29) is 30.3 Å². The first-order chi connectivity index (χ1) is 12.1. The van der Waals surface area contributed by atoms with Crippen molar-refractivity contribution in [2.24, 2.45) is 7.05 Å². The van der Waals surface area contributed by atoms with Crippen molar-refractivity contribution in [1.82, 2.24) is 19.8 Å². The van der Waals surface area contributed by atoms with Gasteiger partial charge in [-0.15, -0.1) is 0 Å². The van der Waals surface area contributed by atoms with Gasteiger partial charge in [-0.3, -0.25) is 9.48 Å². The molecule has 0 fully saturated rings. The van der Waals surface area contributed by atoms with Gasteiger partial charge in [-0.1, -0.05) is 12.1 Å². The van der Waals surface area contributed by atoms with Crippen molar-refractivity contribution in [2.45, 2.75) is 39.0 Å². The number of carbonyl (C=O) groups excluding carboxylic acids is 1. The summed E-state index contributed by atoms with van der Waals surface area (Å²) in [6.45, 7) is 7.75. The predicted molar refractivity (Wildman–Crippen MR) is 101 cm³/mol. The molecule has 2 aromatic rings. The third kappa shape index (κ3) is 4.70. The standard InChI is InChI=1S/C18H26N4O3S/c1-12-6-7-13(2)17(10-12)26(24,25)20-9-8-19-18(23)11-16-14(3)21-22(5)15(16)4/h6-7,10,20H,8-9,11H2,1-5H3,(H,19,23). The van der Waals surface area contributed by atoms with Crippen molar-refractivity contribution in [2.75, 3.05) is 13.1 Å². The summed E-state index contributed by atoms with van der Waals surface area (Å²) in [7, 11) is -1.76. The van der Waals surface area contributed by atoms with Crippen LogP contribution in [0.3, 0.4) is 0 Å². The van der Waals surface area contributed by atoms with Crippen molar-refractivity contribution in [1.29, 1.82) is 0 Å². The zero-order chi connectivity index (χ0) is 19.5. The molecule has 1 heterocycles. The van der Waals surface area contributed by atoms with Gasteiger partial charge < -0.3 is 5.32 Å². The maximum atomic E-state index is 12.4. The lowest BCUT2D eigenvalue weighted by Crippen LogP contribution is -2.35. The van der Waals surface area contributed by atoms with E-state index in [1.807, 2.05) is 33.9 Å². The van der Waals surface area contributed by atoms with E-state index in [9.17, 15) is 13.2 Å². The lowest BCUT2D eigenvalue weighted by atomic mass is 10.1. The molecule has 0 aliphatic rings. The SMILES string of the molecule is Cc1ccc(C)c(S(=O)(=O)NCCNC(=O)Cc2c(C)nn(C)c2C)c1. The number of nitrogens with one attached hydrogen (secondary N) is 2. The van der Waals surface area contributed by atoms with E-state index in [1.54, 1.807) is 23.7 Å². The number of carbonyl (C=O) groups is 1. The molecule has 1 aromatic carbocycles. The van der Waals surface area contributed by atoms with Crippen molar-refractivity contribution in [3.8, 4) is 0 Å². The number of benzene rings is 1. The second-order valence-corrected chi connectivity index (χ2v) is 8.20. The Morgan fingerprint density at radius 1 is 1.15 bits per heavy atom. The fourth-order valence-electron chi connectivity index (χ4n) is 2.76. The van der Waals surface area contributed by atoms with Crippen LogP contribution in [0.15, 0.2) is 23.1 Å². The first kappa shape index (κ1) is 20.1. The summed E-state index contributed by atoms with van der Waals surface area (Å²) in [6.07, 6.45) is 0.231. The summed E-state index contributed by atoms with van der Waals surface area (Å²) >= 11 is 0. The minimum absolute atomic E-state index is 0.131. The summed E-state index contributed by atoms with van der Waals surface area (Å²) in [6, 6.07) is 5.30. The summed E-state index contributed by atoms with van der Waals surface area (Å²) in [5, 5.41) is 7.03. The summed E-state index contributed by atoms with van der Waals surface area (Å²) in [5.74, 6) is -0.157. The van der Waals surface area contributed by atoms with Gasteiger partial charge in [0.2, 0.25) is 15.9 Å². The van der Waals surface area contributed by atoms with Crippen LogP contribution in [0.5, 0.6) is 0 Å². The number of aromatic nitrogens is 2. The van der Waals surface area contributed by atoms with Crippen LogP contribution < -0.4 is 10.0 Å². The lowest BCUT2D eigenvalue weighted by Gasteiger charge is -2.11. The highest BCUT2D eigenvalue weighted by Gasteiger charge is 2.17. The Morgan fingerprint density at radius 3 is 2.46 bits per heavy atom. The molecule has 0 atom stereocenters. The van der Waals surface area contributed by atoms with E-state index in [1.165, 1.54) is 0 Å². The molecule has 7 nitrogen and oxygen atoms in total. The van der Waals surface area contributed by atoms with Crippen molar-refractivity contribution in [3.63, 3.8) is 0 Å². The molecular formula is C18H26N4O3S. The molecule has 0 aliphatic heterocycles. The van der Waals surface area contributed by atoms with Crippen LogP contribution in [0.25, 0.3) is 0 Å². The number of nitrogens with zero attached hydrogens (tertiary/aromatic N) is 2. The average Bonchev–Trinajstić information content (AvgIpc) is 2.80. The molecule has 0 saturated heterocycles. The molecule has 1 aromatic heterocycles. The van der Waals surface area contributed by atoms with Gasteiger partial charge in [0.05, 0.1) is 17.0 Å². The summed E-state index contributed by atoms with van der Waals surface area (Å²) in [4.78, 5) is 12.4. The van der Waals surface area contributed by atoms with E-state index in [0.717, 1.165) is 22.5 Å². The van der Waals surface area contributed by atoms with Gasteiger partial charge in [0.1, 0.15) is 0 Å². The van der Waals surface area contributed by atoms with Gasteiger partial charge in [-0.05, 0) is 44.9 Å². The monoisotopic (exact) mass is 378 g/mol. The van der Waals surface area contributed by atoms with Gasteiger partial charge in [-0.25, -0.2) is 13.1 Å². The molecule has 0 radical (unpaired) electrons. The highest BCUT2D eigenvalue weighted by molar-refractivity contribution is 7.89. The largest absolute Gasteiger partial charge is 0.354 e. The Labute approximate surface area is 154 Å². The zero-order valence-electron chi connectivity index (χ0n) is 15.9. The maximum absolute atomic E-state index is 12.4. The van der Waals surface area contributed by atoms with Gasteiger partial charge in [0.25, 0.3) is 0 Å². The number of rotatable bonds is 7. The van der Waals surface area contributed by atoms with Crippen LogP contribution in [0.2, 0.25) is 0 Å². The molecule has 0 bridgehead atoms. The van der Waals surface area contributed by atoms with E-state index in [4.69, 9.17) is 0 Å². The van der Waals surface area contributed by atoms with Gasteiger partial charge >= 0.3 is 0 Å². The Bertz CT molecular complexity index is 917. The number of hydrogen-bond acceptors (Lipinski definition) is 4. The second kappa shape index (κ2) is 8.01. The van der Waals surface area contributed by atoms with E-state index in [2.05, 4.69) is 15.1 Å². The van der Waals surface area contributed by atoms with Crippen molar-refractivity contribution < 1.29 is 13.2 Å². The minimum Gasteiger partial charge on any atom is -0.354 e. The Morgan fingerprint density at radius 2 is 1.85 bits per heavy atom. The van der Waals surface area contributed by atoms with Gasteiger partial charge in [-0.2, -0.15) is 5.10 Å². The molecule has 2 rings (SSSR count). The van der Waals surface area contributed by atoms with Gasteiger partial charge in [0.15, 0.2) is 0 Å². The second-order valence-electron chi connectivity index (χ2n) is 6.47. The van der Waals surface area contributed by atoms with Crippen molar-refractivity contribution >= 4 is 15.9 Å². The molecule has 0 unspecified atom stereocenters. The lowest BCUT2D eigenvalue weighted by molar-refractivity contribution is -0.120. The number of amides is 1. The van der Waals surface area contributed by atoms with E-state index < -0.39 is 10.0 Å². The molecule has 142 valence electrons. The molecule has 0 aliphatic carbocycles.